The van der Waals surface area contributed by atoms with Gasteiger partial charge in [0.1, 0.15) is 12.5 Å². The fourth-order valence-corrected chi connectivity index (χ4v) is 4.90. The summed E-state index contributed by atoms with van der Waals surface area (Å²) in [5.74, 6) is 0.753. The Kier molecular flexibility index (Phi) is 11.9. The molecule has 0 N–H and O–H groups in total. The van der Waals surface area contributed by atoms with Gasteiger partial charge in [0.25, 0.3) is 5.60 Å². The molecule has 4 nitrogen and oxygen atoms in total. The van der Waals surface area contributed by atoms with Crippen LogP contribution in [0.4, 0.5) is 26.3 Å². The Morgan fingerprint density at radius 2 is 1.44 bits per heavy atom. The van der Waals surface area contributed by atoms with E-state index in [1.165, 1.54) is 6.07 Å². The molecular weight excluding hydrogens is 548 g/mol. The number of alkyl halides is 6. The summed E-state index contributed by atoms with van der Waals surface area (Å²) in [6.45, 7) is 14.3. The lowest BCUT2D eigenvalue weighted by molar-refractivity contribution is -0.372. The minimum atomic E-state index is -5.76. The highest BCUT2D eigenvalue weighted by Gasteiger charge is 2.71. The van der Waals surface area contributed by atoms with Gasteiger partial charge in [0.05, 0.1) is 6.61 Å². The summed E-state index contributed by atoms with van der Waals surface area (Å²) >= 11 is 0. The monoisotopic (exact) mass is 585 g/mol. The minimum Gasteiger partial charge on any atom is -0.493 e. The topological polar surface area (TPSA) is 32.0 Å². The maximum Gasteiger partial charge on any atom is 0.430 e. The summed E-state index contributed by atoms with van der Waals surface area (Å²) in [5.41, 5.74) is -1.35. The summed E-state index contributed by atoms with van der Waals surface area (Å²) in [7, 11) is 0.944. The van der Waals surface area contributed by atoms with Gasteiger partial charge in [-0.3, -0.25) is 0 Å². The van der Waals surface area contributed by atoms with Gasteiger partial charge in [-0.1, -0.05) is 50.3 Å². The van der Waals surface area contributed by atoms with Gasteiger partial charge in [-0.2, -0.15) is 26.3 Å². The third-order valence-corrected chi connectivity index (χ3v) is 7.42. The van der Waals surface area contributed by atoms with Gasteiger partial charge >= 0.3 is 12.4 Å². The van der Waals surface area contributed by atoms with Crippen molar-refractivity contribution < 1.29 is 40.6 Å². The number of benzene rings is 2. The molecule has 10 heteroatoms. The van der Waals surface area contributed by atoms with Gasteiger partial charge in [0.15, 0.2) is 0 Å². The molecule has 0 aliphatic heterocycles. The largest absolute Gasteiger partial charge is 0.493 e. The van der Waals surface area contributed by atoms with Gasteiger partial charge in [-0.15, -0.1) is 0 Å². The summed E-state index contributed by atoms with van der Waals surface area (Å²) in [6.07, 6.45) is -7.75. The highest BCUT2D eigenvalue weighted by atomic mass is 19.4. The highest BCUT2D eigenvalue weighted by Crippen LogP contribution is 2.47. The maximum absolute atomic E-state index is 13.7. The number of aryl methyl sites for hydroxylation is 2. The number of hydrogen-bond donors (Lipinski definition) is 0. The molecule has 2 aromatic rings. The SMILES string of the molecule is [C-]#[N+]CCCCOc1ccc(C(CC)(CC)c2ccc(C=CC(OCOC)(C(F)(F)F)C(F)(F)F)c(C)c2)cc1C. The van der Waals surface area contributed by atoms with Crippen LogP contribution in [0.5, 0.6) is 5.75 Å². The van der Waals surface area contributed by atoms with Crippen molar-refractivity contribution in [1.29, 1.82) is 0 Å². The number of rotatable bonds is 14. The van der Waals surface area contributed by atoms with Crippen LogP contribution in [-0.4, -0.2) is 45.0 Å². The van der Waals surface area contributed by atoms with Crippen molar-refractivity contribution in [3.8, 4) is 5.75 Å². The first-order valence-corrected chi connectivity index (χ1v) is 13.4. The lowest BCUT2D eigenvalue weighted by Crippen LogP contribution is -2.57. The van der Waals surface area contributed by atoms with Gasteiger partial charge in [0.2, 0.25) is 6.54 Å². The van der Waals surface area contributed by atoms with Gasteiger partial charge in [-0.25, -0.2) is 6.57 Å². The van der Waals surface area contributed by atoms with Crippen LogP contribution in [0, 0.1) is 20.4 Å². The third-order valence-electron chi connectivity index (χ3n) is 7.42. The van der Waals surface area contributed by atoms with Crippen LogP contribution in [0.25, 0.3) is 10.9 Å². The maximum atomic E-state index is 13.7. The van der Waals surface area contributed by atoms with Crippen LogP contribution in [0.3, 0.4) is 0 Å². The van der Waals surface area contributed by atoms with Crippen LogP contribution >= 0.6 is 0 Å². The third kappa shape index (κ3) is 7.63. The van der Waals surface area contributed by atoms with E-state index in [9.17, 15) is 26.3 Å². The van der Waals surface area contributed by atoms with Crippen molar-refractivity contribution in [3.63, 3.8) is 0 Å². The molecule has 0 saturated heterocycles. The quantitative estimate of drug-likeness (QED) is 0.0960. The molecule has 41 heavy (non-hydrogen) atoms. The predicted molar refractivity (Wildman–Crippen MR) is 147 cm³/mol. The summed E-state index contributed by atoms with van der Waals surface area (Å²) < 4.78 is 96.7. The van der Waals surface area contributed by atoms with Crippen molar-refractivity contribution >= 4 is 6.08 Å². The van der Waals surface area contributed by atoms with Crippen molar-refractivity contribution in [2.75, 3.05) is 27.1 Å². The van der Waals surface area contributed by atoms with E-state index < -0.39 is 30.2 Å². The smallest absolute Gasteiger partial charge is 0.430 e. The first-order chi connectivity index (χ1) is 19.2. The standard InChI is InChI=1S/C31H37F6NO3/c1-7-28(8-2,26-13-14-27(23(4)20-26)40-18-10-9-17-38-5)25-12-11-24(22(3)19-25)15-16-29(30(32,33)34,31(35,36)37)41-21-39-6/h11-16,19-20H,7-10,17-18,21H2,1-4,6H3. The van der Waals surface area contributed by atoms with Crippen molar-refractivity contribution in [2.24, 2.45) is 0 Å². The number of unbranched alkanes of at least 4 members (excludes halogenated alkanes) is 1. The molecule has 2 aromatic carbocycles. The van der Waals surface area contributed by atoms with E-state index in [4.69, 9.17) is 11.3 Å². The molecule has 0 fully saturated rings. The molecule has 0 amide bonds. The summed E-state index contributed by atoms with van der Waals surface area (Å²) in [5, 5.41) is 0. The fourth-order valence-electron chi connectivity index (χ4n) is 4.90. The van der Waals surface area contributed by atoms with Crippen molar-refractivity contribution in [1.82, 2.24) is 0 Å². The number of nitrogens with zero attached hydrogens (tertiary/aromatic N) is 1. The van der Waals surface area contributed by atoms with Crippen LogP contribution in [0.1, 0.15) is 67.3 Å². The highest BCUT2D eigenvalue weighted by molar-refractivity contribution is 5.57. The zero-order valence-corrected chi connectivity index (χ0v) is 24.0. The van der Waals surface area contributed by atoms with Crippen LogP contribution in [0.15, 0.2) is 42.5 Å². The van der Waals surface area contributed by atoms with Crippen LogP contribution in [-0.2, 0) is 14.9 Å². The average Bonchev–Trinajstić information content (AvgIpc) is 2.90. The van der Waals surface area contributed by atoms with E-state index >= 15 is 0 Å². The molecule has 0 radical (unpaired) electrons. The first kappa shape index (κ1) is 34.2. The predicted octanol–water partition coefficient (Wildman–Crippen LogP) is 8.98. The van der Waals surface area contributed by atoms with E-state index in [1.807, 2.05) is 39.0 Å². The molecule has 0 aliphatic rings. The normalized spacial score (nSPS) is 13.0. The lowest BCUT2D eigenvalue weighted by atomic mass is 9.70. The Hall–Kier alpha value is -3.03. The Morgan fingerprint density at radius 1 is 0.854 bits per heavy atom. The van der Waals surface area contributed by atoms with Crippen molar-refractivity contribution in [3.05, 3.63) is 81.7 Å². The number of methoxy groups -OCH3 is 1. The molecule has 2 rings (SSSR count). The molecule has 226 valence electrons. The van der Waals surface area contributed by atoms with E-state index in [2.05, 4.69) is 20.4 Å². The van der Waals surface area contributed by atoms with E-state index in [0.717, 1.165) is 48.5 Å². The number of ether oxygens (including phenoxy) is 3. The van der Waals surface area contributed by atoms with Gasteiger partial charge < -0.3 is 19.1 Å². The minimum absolute atomic E-state index is 0.00466. The van der Waals surface area contributed by atoms with Crippen molar-refractivity contribution in [2.45, 2.75) is 76.7 Å². The molecule has 0 saturated carbocycles. The molecule has 0 aromatic heterocycles. The lowest BCUT2D eigenvalue weighted by Gasteiger charge is -2.35. The molecule has 0 atom stereocenters. The van der Waals surface area contributed by atoms with E-state index in [0.29, 0.717) is 31.6 Å². The Bertz CT molecular complexity index is 1200. The zero-order chi connectivity index (χ0) is 30.9. The van der Waals surface area contributed by atoms with Gasteiger partial charge in [-0.05, 0) is 73.1 Å². The Labute approximate surface area is 238 Å². The first-order valence-electron chi connectivity index (χ1n) is 13.4. The average molecular weight is 586 g/mol. The molecule has 0 aliphatic carbocycles. The number of hydrogen-bond acceptors (Lipinski definition) is 3. The number of halogens is 6. The molecule has 0 heterocycles. The molecular formula is C31H37F6NO3. The van der Waals surface area contributed by atoms with Gasteiger partial charge in [0, 0.05) is 18.9 Å². The van der Waals surface area contributed by atoms with E-state index in [1.54, 1.807) is 13.0 Å². The second-order valence-corrected chi connectivity index (χ2v) is 9.89. The summed E-state index contributed by atoms with van der Waals surface area (Å²) in [6, 6.07) is 11.0. The second kappa shape index (κ2) is 14.2. The molecule has 0 bridgehead atoms. The zero-order valence-electron chi connectivity index (χ0n) is 24.0. The van der Waals surface area contributed by atoms with Crippen LogP contribution in [0.2, 0.25) is 0 Å². The second-order valence-electron chi connectivity index (χ2n) is 9.89. The van der Waals surface area contributed by atoms with Crippen LogP contribution < -0.4 is 4.74 Å². The summed E-state index contributed by atoms with van der Waals surface area (Å²) in [4.78, 5) is 3.34. The Morgan fingerprint density at radius 3 is 1.93 bits per heavy atom. The Balaban J connectivity index is 2.45. The van der Waals surface area contributed by atoms with E-state index in [-0.39, 0.29) is 11.6 Å². The molecule has 0 unspecified atom stereocenters. The fraction of sp³-hybridized carbons (Fsp3) is 0.516. The molecule has 0 spiro atoms.